The molecule has 4 fully saturated rings. The molecule has 4 aromatic heterocycles. The lowest BCUT2D eigenvalue weighted by Crippen LogP contribution is -2.44. The van der Waals surface area contributed by atoms with Gasteiger partial charge < -0.3 is 60.5 Å². The molecule has 8 N–H and O–H groups in total. The van der Waals surface area contributed by atoms with Gasteiger partial charge in [0.2, 0.25) is 11.8 Å². The molecule has 8 rings (SSSR count). The zero-order valence-corrected chi connectivity index (χ0v) is 51.6. The lowest BCUT2D eigenvalue weighted by atomic mass is 10.1. The summed E-state index contributed by atoms with van der Waals surface area (Å²) in [5.41, 5.74) is 5.96. The van der Waals surface area contributed by atoms with Gasteiger partial charge in [0, 0.05) is 124 Å². The number of aryl methyl sites for hydroxylation is 2. The van der Waals surface area contributed by atoms with E-state index in [9.17, 15) is 36.0 Å². The van der Waals surface area contributed by atoms with Crippen molar-refractivity contribution in [2.75, 3.05) is 116 Å². The third kappa shape index (κ3) is 21.2. The number of hydrogen-bond donors (Lipinski definition) is 4. The van der Waals surface area contributed by atoms with Crippen LogP contribution in [0.4, 0.5) is 21.2 Å². The molecular weight excluding hydrogens is 1130 g/mol. The standard InChI is InChI=1S/2C26H39N7O3.C2H6O6S2.2H2O/c2*1-18(2)22-16-27-33-23(15-19(3)28-25(22)33)29-20-8-12-31(13-9-20)26(35)36-21-10-14-32(17-21)24(34)7-6-11-30(4)5;3-9(4,5)1-2-10(6,7)8;;/h2*6-7,15-16,18,20-21,29H,8-14,17H2,1-5H3;1-2H2,(H,3,4,5)(H,6,7,8);2*1H2/b2*7-6+;;;/t2*21-;;;/m00.../s1. The van der Waals surface area contributed by atoms with Crippen LogP contribution < -0.4 is 10.6 Å². The zero-order chi connectivity index (χ0) is 60.1. The number of aromatic nitrogens is 6. The fourth-order valence-electron chi connectivity index (χ4n) is 9.69. The Bertz CT molecular complexity index is 2910. The third-order valence-corrected chi connectivity index (χ3v) is 15.9. The number of amides is 4. The monoisotopic (exact) mass is 1220 g/mol. The second-order valence-corrected chi connectivity index (χ2v) is 25.6. The van der Waals surface area contributed by atoms with Crippen LogP contribution in [0.3, 0.4) is 0 Å². The van der Waals surface area contributed by atoms with Crippen molar-refractivity contribution in [2.24, 2.45) is 0 Å². The minimum absolute atomic E-state index is 0. The molecule has 0 spiro atoms. The fraction of sp³-hybridized carbons (Fsp3) is 0.630. The van der Waals surface area contributed by atoms with Gasteiger partial charge in [0.25, 0.3) is 20.2 Å². The maximum atomic E-state index is 12.8. The molecule has 0 saturated carbocycles. The predicted octanol–water partition coefficient (Wildman–Crippen LogP) is 2.90. The van der Waals surface area contributed by atoms with Crippen molar-refractivity contribution in [3.05, 3.63) is 71.3 Å². The summed E-state index contributed by atoms with van der Waals surface area (Å²) < 4.78 is 70.6. The van der Waals surface area contributed by atoms with E-state index in [1.54, 1.807) is 31.8 Å². The van der Waals surface area contributed by atoms with Gasteiger partial charge in [-0.25, -0.2) is 19.6 Å². The quantitative estimate of drug-likeness (QED) is 0.0872. The van der Waals surface area contributed by atoms with Crippen molar-refractivity contribution in [3.8, 4) is 0 Å². The van der Waals surface area contributed by atoms with Crippen LogP contribution in [0.5, 0.6) is 0 Å². The van der Waals surface area contributed by atoms with Crippen molar-refractivity contribution in [2.45, 2.75) is 116 Å². The first-order valence-corrected chi connectivity index (χ1v) is 31.1. The van der Waals surface area contributed by atoms with Gasteiger partial charge in [-0.1, -0.05) is 39.8 Å². The van der Waals surface area contributed by atoms with Gasteiger partial charge in [-0.2, -0.15) is 36.1 Å². The highest BCUT2D eigenvalue weighted by Crippen LogP contribution is 2.27. The number of nitrogens with zero attached hydrogens (tertiary/aromatic N) is 12. The molecule has 0 radical (unpaired) electrons. The second-order valence-electron chi connectivity index (χ2n) is 22.4. The van der Waals surface area contributed by atoms with Crippen LogP contribution >= 0.6 is 0 Å². The molecule has 4 aliphatic rings. The van der Waals surface area contributed by atoms with Gasteiger partial charge in [-0.15, -0.1) is 0 Å². The highest BCUT2D eigenvalue weighted by molar-refractivity contribution is 7.89. The molecule has 4 saturated heterocycles. The average molecular weight is 1220 g/mol. The topological polar surface area (TPSA) is 362 Å². The molecule has 0 aromatic carbocycles. The van der Waals surface area contributed by atoms with Gasteiger partial charge in [0.1, 0.15) is 23.8 Å². The number of nitrogens with one attached hydrogen (secondary N) is 2. The summed E-state index contributed by atoms with van der Waals surface area (Å²) in [7, 11) is -0.761. The molecule has 84 heavy (non-hydrogen) atoms. The van der Waals surface area contributed by atoms with E-state index in [0.717, 1.165) is 84.2 Å². The van der Waals surface area contributed by atoms with Gasteiger partial charge in [0.15, 0.2) is 11.3 Å². The number of fused-ring (bicyclic) bond motifs is 2. The van der Waals surface area contributed by atoms with E-state index in [-0.39, 0.29) is 59.2 Å². The summed E-state index contributed by atoms with van der Waals surface area (Å²) in [4.78, 5) is 70.6. The van der Waals surface area contributed by atoms with E-state index in [1.165, 1.54) is 0 Å². The number of anilines is 2. The maximum absolute atomic E-state index is 12.8. The van der Waals surface area contributed by atoms with Crippen LogP contribution in [-0.2, 0) is 39.3 Å². The summed E-state index contributed by atoms with van der Waals surface area (Å²) >= 11 is 0. The molecule has 2 atom stereocenters. The first-order valence-electron chi connectivity index (χ1n) is 27.9. The lowest BCUT2D eigenvalue weighted by molar-refractivity contribution is -0.126. The molecule has 0 aliphatic carbocycles. The molecule has 28 nitrogen and oxygen atoms in total. The molecule has 4 aromatic rings. The molecule has 470 valence electrons. The Morgan fingerprint density at radius 3 is 1.24 bits per heavy atom. The zero-order valence-electron chi connectivity index (χ0n) is 50.0. The first kappa shape index (κ1) is 69.9. The van der Waals surface area contributed by atoms with Crippen LogP contribution in [0.15, 0.2) is 48.8 Å². The van der Waals surface area contributed by atoms with Gasteiger partial charge >= 0.3 is 12.2 Å². The van der Waals surface area contributed by atoms with Crippen molar-refractivity contribution in [1.82, 2.24) is 58.6 Å². The maximum Gasteiger partial charge on any atom is 0.410 e. The number of ether oxygens (including phenoxy) is 2. The highest BCUT2D eigenvalue weighted by atomic mass is 32.2. The number of piperidine rings is 2. The fourth-order valence-corrected chi connectivity index (χ4v) is 11.4. The van der Waals surface area contributed by atoms with E-state index >= 15 is 0 Å². The Hall–Kier alpha value is -6.54. The van der Waals surface area contributed by atoms with E-state index in [4.69, 9.17) is 28.5 Å². The Kier molecular flexibility index (Phi) is 26.3. The Morgan fingerprint density at radius 1 is 0.595 bits per heavy atom. The lowest BCUT2D eigenvalue weighted by Gasteiger charge is -2.33. The number of likely N-dealkylation sites (tertiary alicyclic amines) is 4. The summed E-state index contributed by atoms with van der Waals surface area (Å²) in [6.07, 6.45) is 14.3. The predicted molar refractivity (Wildman–Crippen MR) is 318 cm³/mol. The van der Waals surface area contributed by atoms with E-state index in [0.29, 0.717) is 77.0 Å². The molecule has 0 bridgehead atoms. The van der Waals surface area contributed by atoms with Crippen molar-refractivity contribution in [1.29, 1.82) is 0 Å². The van der Waals surface area contributed by atoms with Gasteiger partial charge in [0.05, 0.1) is 37.0 Å². The number of carbonyl (C=O) groups is 4. The molecule has 30 heteroatoms. The van der Waals surface area contributed by atoms with Crippen LogP contribution in [0.1, 0.15) is 101 Å². The molecule has 0 unspecified atom stereocenters. The first-order chi connectivity index (χ1) is 38.6. The summed E-state index contributed by atoms with van der Waals surface area (Å²) in [5, 5.41) is 16.4. The largest absolute Gasteiger partial charge is 0.444 e. The normalized spacial score (nSPS) is 18.1. The number of likely N-dealkylation sites (N-methyl/N-ethyl adjacent to an activating group) is 2. The van der Waals surface area contributed by atoms with E-state index in [1.807, 2.05) is 97.5 Å². The SMILES string of the molecule is Cc1cc(NC2CCN(C(=O)O[C@H]3CCN(C(=O)/C=C/CN(C)C)C3)CC2)n2ncc(C(C)C)c2n1.Cc1cc(NC2CCN(C(=O)O[C@H]3CCN(C(=O)/C=C/CN(C)C)C3)CC2)n2ncc(C(C)C)c2n1.O.O.O=S(=O)(O)CCS(=O)(=O)O. The number of rotatable bonds is 17. The second kappa shape index (κ2) is 31.6. The number of carbonyl (C=O) groups excluding carboxylic acids is 4. The Balaban J connectivity index is 0.000000304. The minimum Gasteiger partial charge on any atom is -0.444 e. The highest BCUT2D eigenvalue weighted by Gasteiger charge is 2.33. The molecule has 4 amide bonds. The molecule has 8 heterocycles. The van der Waals surface area contributed by atoms with Gasteiger partial charge in [-0.3, -0.25) is 18.7 Å². The van der Waals surface area contributed by atoms with Crippen LogP contribution in [0, 0.1) is 13.8 Å². The Labute approximate surface area is 492 Å². The summed E-state index contributed by atoms with van der Waals surface area (Å²) in [6.45, 7) is 18.7. The summed E-state index contributed by atoms with van der Waals surface area (Å²) in [6, 6.07) is 4.51. The average Bonchev–Trinajstić information content (AvgIpc) is 4.45. The molecule has 4 aliphatic heterocycles. The van der Waals surface area contributed by atoms with Crippen molar-refractivity contribution in [3.63, 3.8) is 0 Å². The van der Waals surface area contributed by atoms with Crippen molar-refractivity contribution < 1.29 is 65.5 Å². The third-order valence-electron chi connectivity index (χ3n) is 14.2. The number of hydrogen-bond acceptors (Lipinski definition) is 18. The van der Waals surface area contributed by atoms with Crippen LogP contribution in [-0.4, -0.2) is 249 Å². The van der Waals surface area contributed by atoms with Crippen LogP contribution in [0.25, 0.3) is 11.3 Å². The minimum atomic E-state index is -4.30. The Morgan fingerprint density at radius 2 is 0.929 bits per heavy atom. The smallest absolute Gasteiger partial charge is 0.410 e. The van der Waals surface area contributed by atoms with Gasteiger partial charge in [-0.05, 0) is 79.6 Å². The van der Waals surface area contributed by atoms with Crippen LogP contribution in [0.2, 0.25) is 0 Å². The molecular formula is C54H88N14O14S2. The summed E-state index contributed by atoms with van der Waals surface area (Å²) in [5.74, 6) is 0.548. The van der Waals surface area contributed by atoms with Crippen molar-refractivity contribution >= 4 is 67.2 Å². The van der Waals surface area contributed by atoms with E-state index in [2.05, 4.69) is 48.5 Å². The van der Waals surface area contributed by atoms with E-state index < -0.39 is 31.7 Å².